The Balaban J connectivity index is 2.46. The van der Waals surface area contributed by atoms with Crippen molar-refractivity contribution in [1.29, 1.82) is 0 Å². The number of aryl methyl sites for hydroxylation is 1. The zero-order valence-corrected chi connectivity index (χ0v) is 12.1. The van der Waals surface area contributed by atoms with E-state index < -0.39 is 17.7 Å². The standard InChI is InChI=1S/C17H18F3N/c1-3-6-21-17(12-8-13(18)10-14(19)9-12)15-5-4-11(2)7-16(15)20/h4-5,7-10,17,21H,3,6H2,1-2H3. The lowest BCUT2D eigenvalue weighted by atomic mass is 9.96. The summed E-state index contributed by atoms with van der Waals surface area (Å²) in [6, 6.07) is 7.56. The van der Waals surface area contributed by atoms with Gasteiger partial charge in [0.15, 0.2) is 0 Å². The number of hydrogen-bond acceptors (Lipinski definition) is 1. The molecule has 0 aliphatic rings. The van der Waals surface area contributed by atoms with Crippen molar-refractivity contribution in [2.45, 2.75) is 26.3 Å². The summed E-state index contributed by atoms with van der Waals surface area (Å²) in [6.45, 7) is 4.39. The Labute approximate surface area is 122 Å². The second kappa shape index (κ2) is 6.76. The highest BCUT2D eigenvalue weighted by atomic mass is 19.1. The van der Waals surface area contributed by atoms with Crippen molar-refractivity contribution in [2.24, 2.45) is 0 Å². The Morgan fingerprint density at radius 3 is 2.24 bits per heavy atom. The number of benzene rings is 2. The molecule has 0 bridgehead atoms. The molecule has 0 fully saturated rings. The van der Waals surface area contributed by atoms with Gasteiger partial charge < -0.3 is 5.32 Å². The van der Waals surface area contributed by atoms with Crippen LogP contribution in [0.25, 0.3) is 0 Å². The fourth-order valence-corrected chi connectivity index (χ4v) is 2.30. The minimum Gasteiger partial charge on any atom is -0.306 e. The van der Waals surface area contributed by atoms with E-state index in [0.717, 1.165) is 18.1 Å². The van der Waals surface area contributed by atoms with E-state index in [1.165, 1.54) is 18.2 Å². The van der Waals surface area contributed by atoms with Gasteiger partial charge in [0.1, 0.15) is 17.5 Å². The van der Waals surface area contributed by atoms with Gasteiger partial charge in [-0.15, -0.1) is 0 Å². The lowest BCUT2D eigenvalue weighted by Crippen LogP contribution is -2.24. The summed E-state index contributed by atoms with van der Waals surface area (Å²) in [4.78, 5) is 0. The van der Waals surface area contributed by atoms with E-state index in [2.05, 4.69) is 5.32 Å². The largest absolute Gasteiger partial charge is 0.306 e. The average molecular weight is 293 g/mol. The van der Waals surface area contributed by atoms with Crippen LogP contribution in [0, 0.1) is 24.4 Å². The third kappa shape index (κ3) is 3.85. The van der Waals surface area contributed by atoms with Crippen LogP contribution < -0.4 is 5.32 Å². The molecule has 1 N–H and O–H groups in total. The molecule has 1 atom stereocenters. The molecule has 0 radical (unpaired) electrons. The molecule has 0 aliphatic heterocycles. The maximum atomic E-state index is 14.2. The van der Waals surface area contributed by atoms with Gasteiger partial charge in [0, 0.05) is 11.6 Å². The molecule has 2 aromatic rings. The average Bonchev–Trinajstić information content (AvgIpc) is 2.40. The number of nitrogens with one attached hydrogen (secondary N) is 1. The molecule has 0 saturated heterocycles. The van der Waals surface area contributed by atoms with Crippen LogP contribution in [0.1, 0.15) is 36.1 Å². The quantitative estimate of drug-likeness (QED) is 0.855. The van der Waals surface area contributed by atoms with Gasteiger partial charge in [-0.05, 0) is 49.2 Å². The Morgan fingerprint density at radius 2 is 1.67 bits per heavy atom. The monoisotopic (exact) mass is 293 g/mol. The van der Waals surface area contributed by atoms with E-state index in [4.69, 9.17) is 0 Å². The molecule has 21 heavy (non-hydrogen) atoms. The summed E-state index contributed by atoms with van der Waals surface area (Å²) in [7, 11) is 0. The van der Waals surface area contributed by atoms with Gasteiger partial charge in [-0.25, -0.2) is 13.2 Å². The fourth-order valence-electron chi connectivity index (χ4n) is 2.30. The topological polar surface area (TPSA) is 12.0 Å². The highest BCUT2D eigenvalue weighted by Crippen LogP contribution is 2.26. The van der Waals surface area contributed by atoms with Crippen molar-refractivity contribution in [3.8, 4) is 0 Å². The third-order valence-corrected chi connectivity index (χ3v) is 3.28. The van der Waals surface area contributed by atoms with Crippen LogP contribution in [0.3, 0.4) is 0 Å². The first-order chi connectivity index (χ1) is 10.0. The highest BCUT2D eigenvalue weighted by molar-refractivity contribution is 5.35. The maximum Gasteiger partial charge on any atom is 0.128 e. The van der Waals surface area contributed by atoms with Gasteiger partial charge in [-0.2, -0.15) is 0 Å². The van der Waals surface area contributed by atoms with Crippen molar-refractivity contribution < 1.29 is 13.2 Å². The lowest BCUT2D eigenvalue weighted by Gasteiger charge is -2.20. The number of hydrogen-bond donors (Lipinski definition) is 1. The first-order valence-corrected chi connectivity index (χ1v) is 6.96. The van der Waals surface area contributed by atoms with E-state index >= 15 is 0 Å². The summed E-state index contributed by atoms with van der Waals surface area (Å²) < 4.78 is 41.0. The van der Waals surface area contributed by atoms with Gasteiger partial charge in [-0.3, -0.25) is 0 Å². The van der Waals surface area contributed by atoms with Crippen molar-refractivity contribution in [3.05, 3.63) is 70.5 Å². The van der Waals surface area contributed by atoms with Gasteiger partial charge >= 0.3 is 0 Å². The van der Waals surface area contributed by atoms with Crippen LogP contribution >= 0.6 is 0 Å². The molecule has 1 nitrogen and oxygen atoms in total. The van der Waals surface area contributed by atoms with Crippen LogP contribution in [0.15, 0.2) is 36.4 Å². The Hall–Kier alpha value is -1.81. The molecule has 0 heterocycles. The van der Waals surface area contributed by atoms with Crippen molar-refractivity contribution in [1.82, 2.24) is 5.32 Å². The minimum absolute atomic E-state index is 0.378. The maximum absolute atomic E-state index is 14.2. The van der Waals surface area contributed by atoms with E-state index in [1.54, 1.807) is 19.1 Å². The molecule has 4 heteroatoms. The molecule has 2 aromatic carbocycles. The summed E-state index contributed by atoms with van der Waals surface area (Å²) in [5, 5.41) is 3.14. The fraction of sp³-hybridized carbons (Fsp3) is 0.294. The van der Waals surface area contributed by atoms with Gasteiger partial charge in [0.25, 0.3) is 0 Å². The van der Waals surface area contributed by atoms with Crippen LogP contribution in [0.4, 0.5) is 13.2 Å². The molecule has 0 spiro atoms. The predicted molar refractivity (Wildman–Crippen MR) is 77.6 cm³/mol. The SMILES string of the molecule is CCCNC(c1cc(F)cc(F)c1)c1ccc(C)cc1F. The third-order valence-electron chi connectivity index (χ3n) is 3.28. The molecule has 2 rings (SSSR count). The molecule has 0 saturated carbocycles. The highest BCUT2D eigenvalue weighted by Gasteiger charge is 2.18. The predicted octanol–water partition coefficient (Wildman–Crippen LogP) is 4.50. The molecule has 1 unspecified atom stereocenters. The van der Waals surface area contributed by atoms with E-state index in [0.29, 0.717) is 17.7 Å². The number of halogens is 3. The Kier molecular flexibility index (Phi) is 5.02. The van der Waals surface area contributed by atoms with Gasteiger partial charge in [0.05, 0.1) is 6.04 Å². The summed E-state index contributed by atoms with van der Waals surface area (Å²) in [6.07, 6.45) is 0.835. The van der Waals surface area contributed by atoms with Crippen molar-refractivity contribution in [2.75, 3.05) is 6.54 Å². The zero-order chi connectivity index (χ0) is 15.4. The second-order valence-electron chi connectivity index (χ2n) is 5.11. The molecular formula is C17H18F3N. The van der Waals surface area contributed by atoms with E-state index in [9.17, 15) is 13.2 Å². The first-order valence-electron chi connectivity index (χ1n) is 6.96. The molecule has 0 aliphatic carbocycles. The normalized spacial score (nSPS) is 12.4. The van der Waals surface area contributed by atoms with Gasteiger partial charge in [-0.1, -0.05) is 19.1 Å². The summed E-state index contributed by atoms with van der Waals surface area (Å²) >= 11 is 0. The summed E-state index contributed by atoms with van der Waals surface area (Å²) in [5.41, 5.74) is 1.57. The Morgan fingerprint density at radius 1 is 1.00 bits per heavy atom. The van der Waals surface area contributed by atoms with Crippen molar-refractivity contribution >= 4 is 0 Å². The molecular weight excluding hydrogens is 275 g/mol. The van der Waals surface area contributed by atoms with Crippen molar-refractivity contribution in [3.63, 3.8) is 0 Å². The van der Waals surface area contributed by atoms with Crippen LogP contribution in [0.2, 0.25) is 0 Å². The van der Waals surface area contributed by atoms with Gasteiger partial charge in [0.2, 0.25) is 0 Å². The first kappa shape index (κ1) is 15.6. The van der Waals surface area contributed by atoms with Crippen LogP contribution in [-0.2, 0) is 0 Å². The lowest BCUT2D eigenvalue weighted by molar-refractivity contribution is 0.533. The molecule has 0 amide bonds. The van der Waals surface area contributed by atoms with Crippen LogP contribution in [0.5, 0.6) is 0 Å². The molecule has 0 aromatic heterocycles. The van der Waals surface area contributed by atoms with Crippen LogP contribution in [-0.4, -0.2) is 6.54 Å². The smallest absolute Gasteiger partial charge is 0.128 e. The zero-order valence-electron chi connectivity index (χ0n) is 12.1. The van der Waals surface area contributed by atoms with E-state index in [1.807, 2.05) is 6.92 Å². The minimum atomic E-state index is -0.666. The second-order valence-corrected chi connectivity index (χ2v) is 5.11. The Bertz CT molecular complexity index is 605. The number of rotatable bonds is 5. The van der Waals surface area contributed by atoms with E-state index in [-0.39, 0.29) is 5.82 Å². The summed E-state index contributed by atoms with van der Waals surface area (Å²) in [5.74, 6) is -1.71. The molecule has 112 valence electrons.